The van der Waals surface area contributed by atoms with Crippen molar-refractivity contribution in [3.8, 4) is 0 Å². The van der Waals surface area contributed by atoms with Gasteiger partial charge in [0.05, 0.1) is 8.07 Å². The second kappa shape index (κ2) is 7.64. The molecule has 0 fully saturated rings. The van der Waals surface area contributed by atoms with Crippen molar-refractivity contribution in [3.63, 3.8) is 0 Å². The van der Waals surface area contributed by atoms with Gasteiger partial charge in [0.1, 0.15) is 0 Å². The van der Waals surface area contributed by atoms with Gasteiger partial charge in [-0.1, -0.05) is 59.7 Å². The summed E-state index contributed by atoms with van der Waals surface area (Å²) in [6.07, 6.45) is 1.09. The fourth-order valence-corrected chi connectivity index (χ4v) is 16.6. The Balaban J connectivity index is 5.72. The van der Waals surface area contributed by atoms with E-state index in [0.29, 0.717) is 0 Å². The molecule has 0 aromatic rings. The van der Waals surface area contributed by atoms with Crippen LogP contribution >= 0.6 is 12.6 Å². The molecule has 0 bridgehead atoms. The highest BCUT2D eigenvalue weighted by Crippen LogP contribution is 2.46. The molecule has 116 valence electrons. The van der Waals surface area contributed by atoms with Crippen molar-refractivity contribution in [3.05, 3.63) is 0 Å². The summed E-state index contributed by atoms with van der Waals surface area (Å²) in [5, 5.41) is 0. The fourth-order valence-electron chi connectivity index (χ4n) is 3.48. The van der Waals surface area contributed by atoms with Crippen LogP contribution in [0.5, 0.6) is 0 Å². The fraction of sp³-hybridized carbons (Fsp3) is 1.00. The predicted octanol–water partition coefficient (Wildman–Crippen LogP) is 4.19. The van der Waals surface area contributed by atoms with Gasteiger partial charge >= 0.3 is 9.28 Å². The first-order chi connectivity index (χ1) is 8.66. The van der Waals surface area contributed by atoms with Crippen LogP contribution in [0.15, 0.2) is 0 Å². The molecule has 0 aromatic carbocycles. The third-order valence-electron chi connectivity index (χ3n) is 4.57. The Morgan fingerprint density at radius 2 is 1.32 bits per heavy atom. The SMILES string of the molecule is CC[Si](CC)(CC)[C@@](S)(CC(C)(C)C)[SiH](OC)OC. The molecule has 1 atom stereocenters. The topological polar surface area (TPSA) is 18.5 Å². The molecule has 2 nitrogen and oxygen atoms in total. The van der Waals surface area contributed by atoms with Crippen molar-refractivity contribution in [1.82, 2.24) is 0 Å². The minimum Gasteiger partial charge on any atom is -0.399 e. The van der Waals surface area contributed by atoms with E-state index in [4.69, 9.17) is 21.5 Å². The van der Waals surface area contributed by atoms with Gasteiger partial charge in [-0.25, -0.2) is 0 Å². The molecule has 0 unspecified atom stereocenters. The van der Waals surface area contributed by atoms with Gasteiger partial charge in [-0.2, -0.15) is 12.6 Å². The molecule has 0 rings (SSSR count). The molecule has 0 saturated carbocycles. The smallest absolute Gasteiger partial charge is 0.334 e. The average Bonchev–Trinajstić information content (AvgIpc) is 2.31. The summed E-state index contributed by atoms with van der Waals surface area (Å²) < 4.78 is 11.6. The van der Waals surface area contributed by atoms with Crippen LogP contribution in [0.3, 0.4) is 0 Å². The van der Waals surface area contributed by atoms with Crippen LogP contribution in [0.1, 0.15) is 48.0 Å². The second-order valence-corrected chi connectivity index (χ2v) is 17.3. The lowest BCUT2D eigenvalue weighted by atomic mass is 9.93. The van der Waals surface area contributed by atoms with Crippen molar-refractivity contribution >= 4 is 30.0 Å². The standard InChI is InChI=1S/C14H34O2SSi2/c1-9-19(10-2,11-3)14(17,12-13(4,5)6)18(15-7)16-8/h17-18H,9-12H2,1-8H3/t14-/m1/s1. The second-order valence-electron chi connectivity index (χ2n) is 6.81. The molecule has 0 aliphatic rings. The Labute approximate surface area is 128 Å². The third kappa shape index (κ3) is 4.33. The molecule has 0 amide bonds. The van der Waals surface area contributed by atoms with Crippen LogP contribution in [0.25, 0.3) is 0 Å². The summed E-state index contributed by atoms with van der Waals surface area (Å²) in [5.41, 5.74) is 0.252. The van der Waals surface area contributed by atoms with Crippen molar-refractivity contribution in [2.45, 2.75) is 70.1 Å². The quantitative estimate of drug-likeness (QED) is 0.533. The molecule has 0 heterocycles. The van der Waals surface area contributed by atoms with Gasteiger partial charge in [-0.15, -0.1) is 0 Å². The summed E-state index contributed by atoms with van der Waals surface area (Å²) in [5.74, 6) is 0. The normalized spacial score (nSPS) is 16.7. The van der Waals surface area contributed by atoms with Gasteiger partial charge in [0.2, 0.25) is 0 Å². The van der Waals surface area contributed by atoms with Gasteiger partial charge < -0.3 is 8.85 Å². The lowest BCUT2D eigenvalue weighted by Crippen LogP contribution is -2.65. The Morgan fingerprint density at radius 1 is 0.947 bits per heavy atom. The average molecular weight is 323 g/mol. The van der Waals surface area contributed by atoms with Gasteiger partial charge in [0, 0.05) is 18.2 Å². The van der Waals surface area contributed by atoms with Gasteiger partial charge in [-0.3, -0.25) is 0 Å². The van der Waals surface area contributed by atoms with E-state index in [1.54, 1.807) is 14.2 Å². The first kappa shape index (κ1) is 19.7. The Bertz CT molecular complexity index is 252. The maximum atomic E-state index is 5.80. The molecule has 5 heteroatoms. The maximum Gasteiger partial charge on any atom is 0.334 e. The molecular weight excluding hydrogens is 288 g/mol. The van der Waals surface area contributed by atoms with E-state index in [-0.39, 0.29) is 9.41 Å². The molecule has 0 spiro atoms. The Morgan fingerprint density at radius 3 is 1.53 bits per heavy atom. The van der Waals surface area contributed by atoms with Gasteiger partial charge in [0.15, 0.2) is 0 Å². The molecule has 0 radical (unpaired) electrons. The number of rotatable bonds is 8. The minimum atomic E-state index is -1.77. The van der Waals surface area contributed by atoms with Gasteiger partial charge in [0.25, 0.3) is 0 Å². The van der Waals surface area contributed by atoms with E-state index in [1.807, 2.05) is 0 Å². The van der Waals surface area contributed by atoms with Crippen LogP contribution in [0, 0.1) is 5.41 Å². The molecule has 0 aromatic heterocycles. The van der Waals surface area contributed by atoms with Crippen LogP contribution in [-0.2, 0) is 8.85 Å². The zero-order valence-electron chi connectivity index (χ0n) is 14.2. The number of hydrogen-bond donors (Lipinski definition) is 1. The summed E-state index contributed by atoms with van der Waals surface area (Å²) in [7, 11) is 0.316. The first-order valence-electron chi connectivity index (χ1n) is 7.44. The van der Waals surface area contributed by atoms with Crippen LogP contribution < -0.4 is 0 Å². The van der Waals surface area contributed by atoms with Crippen molar-refractivity contribution in [1.29, 1.82) is 0 Å². The van der Waals surface area contributed by atoms with E-state index in [9.17, 15) is 0 Å². The van der Waals surface area contributed by atoms with Crippen molar-refractivity contribution in [2.24, 2.45) is 5.41 Å². The number of hydrogen-bond acceptors (Lipinski definition) is 3. The van der Waals surface area contributed by atoms with E-state index < -0.39 is 17.4 Å². The summed E-state index contributed by atoms with van der Waals surface area (Å²) >= 11 is 5.26. The molecule has 19 heavy (non-hydrogen) atoms. The number of thiol groups is 1. The zero-order chi connectivity index (χ0) is 15.3. The third-order valence-corrected chi connectivity index (χ3v) is 17.2. The molecule has 0 aliphatic heterocycles. The molecule has 0 aliphatic carbocycles. The van der Waals surface area contributed by atoms with E-state index in [2.05, 4.69) is 41.5 Å². The highest BCUT2D eigenvalue weighted by molar-refractivity contribution is 7.86. The Kier molecular flexibility index (Phi) is 7.92. The predicted molar refractivity (Wildman–Crippen MR) is 94.2 cm³/mol. The van der Waals surface area contributed by atoms with E-state index in [0.717, 1.165) is 6.42 Å². The minimum absolute atomic E-state index is 0.00694. The highest BCUT2D eigenvalue weighted by atomic mass is 32.1. The zero-order valence-corrected chi connectivity index (χ0v) is 17.2. The van der Waals surface area contributed by atoms with Crippen LogP contribution in [0.2, 0.25) is 18.1 Å². The van der Waals surface area contributed by atoms with Gasteiger partial charge in [-0.05, 0) is 11.8 Å². The van der Waals surface area contributed by atoms with E-state index >= 15 is 0 Å². The lowest BCUT2D eigenvalue weighted by molar-refractivity contribution is 0.254. The largest absolute Gasteiger partial charge is 0.399 e. The van der Waals surface area contributed by atoms with Crippen LogP contribution in [0.4, 0.5) is 0 Å². The van der Waals surface area contributed by atoms with Crippen LogP contribution in [-0.4, -0.2) is 35.6 Å². The van der Waals surface area contributed by atoms with Crippen molar-refractivity contribution < 1.29 is 8.85 Å². The summed E-state index contributed by atoms with van der Waals surface area (Å²) in [4.78, 5) is 0. The molecule has 0 N–H and O–H groups in total. The lowest BCUT2D eigenvalue weighted by Gasteiger charge is -2.50. The highest BCUT2D eigenvalue weighted by Gasteiger charge is 2.55. The van der Waals surface area contributed by atoms with Crippen molar-refractivity contribution in [2.75, 3.05) is 14.2 Å². The monoisotopic (exact) mass is 322 g/mol. The summed E-state index contributed by atoms with van der Waals surface area (Å²) in [6, 6.07) is 3.78. The molecular formula is C14H34O2SSi2. The maximum absolute atomic E-state index is 5.80. The first-order valence-corrected chi connectivity index (χ1v) is 12.0. The summed E-state index contributed by atoms with van der Waals surface area (Å²) in [6.45, 7) is 13.9. The Hall–Kier alpha value is 0.704. The van der Waals surface area contributed by atoms with E-state index in [1.165, 1.54) is 18.1 Å². The molecule has 0 saturated heterocycles.